The molecule has 1 fully saturated rings. The van der Waals surface area contributed by atoms with E-state index >= 15 is 0 Å². The van der Waals surface area contributed by atoms with Crippen LogP contribution in [-0.4, -0.2) is 54.2 Å². The van der Waals surface area contributed by atoms with Crippen LogP contribution in [0.1, 0.15) is 12.8 Å². The number of thiocarbonyl (C=S) groups is 1. The van der Waals surface area contributed by atoms with Crippen LogP contribution >= 0.6 is 12.2 Å². The lowest BCUT2D eigenvalue weighted by molar-refractivity contribution is 0.360. The second-order valence-electron chi connectivity index (χ2n) is 5.59. The van der Waals surface area contributed by atoms with Crippen molar-refractivity contribution in [3.05, 3.63) is 30.4 Å². The van der Waals surface area contributed by atoms with Gasteiger partial charge in [-0.1, -0.05) is 12.2 Å². The van der Waals surface area contributed by atoms with E-state index in [4.69, 9.17) is 17.0 Å². The summed E-state index contributed by atoms with van der Waals surface area (Å²) in [4.78, 5) is 14.1. The van der Waals surface area contributed by atoms with E-state index in [1.807, 2.05) is 12.3 Å². The zero-order chi connectivity index (χ0) is 15.4. The van der Waals surface area contributed by atoms with Crippen LogP contribution in [0.5, 0.6) is 5.75 Å². The van der Waals surface area contributed by atoms with Crippen molar-refractivity contribution >= 4 is 29.0 Å². The summed E-state index contributed by atoms with van der Waals surface area (Å²) in [6.07, 6.45) is 9.04. The maximum Gasteiger partial charge on any atom is 0.220 e. The Bertz CT molecular complexity index is 614. The Morgan fingerprint density at radius 3 is 2.95 bits per heavy atom. The topological polar surface area (TPSA) is 41.0 Å². The van der Waals surface area contributed by atoms with Gasteiger partial charge in [0.15, 0.2) is 0 Å². The Morgan fingerprint density at radius 2 is 2.09 bits per heavy atom. The monoisotopic (exact) mass is 316 g/mol. The van der Waals surface area contributed by atoms with Crippen LogP contribution in [0, 0.1) is 0 Å². The molecule has 5 nitrogen and oxygen atoms in total. The first kappa shape index (κ1) is 15.1. The van der Waals surface area contributed by atoms with Crippen LogP contribution < -0.4 is 9.64 Å². The number of hydrogen-bond donors (Lipinski definition) is 0. The lowest BCUT2D eigenvalue weighted by atomic mass is 10.3. The van der Waals surface area contributed by atoms with Crippen LogP contribution in [0.25, 0.3) is 0 Å². The minimum atomic E-state index is 0.533. The molecule has 2 aliphatic heterocycles. The number of ether oxygens (including phenoxy) is 1. The van der Waals surface area contributed by atoms with Crippen molar-refractivity contribution in [3.8, 4) is 5.75 Å². The molecule has 0 bridgehead atoms. The van der Waals surface area contributed by atoms with Gasteiger partial charge < -0.3 is 14.5 Å². The molecule has 1 aromatic heterocycles. The summed E-state index contributed by atoms with van der Waals surface area (Å²) < 4.78 is 5.79. The molecule has 0 atom stereocenters. The fourth-order valence-corrected chi connectivity index (χ4v) is 2.75. The molecule has 0 radical (unpaired) electrons. The van der Waals surface area contributed by atoms with E-state index in [2.05, 4.69) is 26.8 Å². The van der Waals surface area contributed by atoms with E-state index in [1.165, 1.54) is 0 Å². The highest BCUT2D eigenvalue weighted by molar-refractivity contribution is 7.80. The maximum absolute atomic E-state index is 5.79. The maximum atomic E-state index is 5.79. The highest BCUT2D eigenvalue weighted by atomic mass is 32.1. The van der Waals surface area contributed by atoms with Crippen molar-refractivity contribution in [2.75, 3.05) is 38.1 Å². The molecule has 1 saturated heterocycles. The molecular formula is C16H20N4OS. The summed E-state index contributed by atoms with van der Waals surface area (Å²) in [6, 6.07) is 2.02. The Hall–Kier alpha value is -1.79. The van der Waals surface area contributed by atoms with Crippen molar-refractivity contribution < 1.29 is 4.74 Å². The predicted molar refractivity (Wildman–Crippen MR) is 93.0 cm³/mol. The average Bonchev–Trinajstić information content (AvgIpc) is 2.72. The molecule has 3 rings (SSSR count). The van der Waals surface area contributed by atoms with Gasteiger partial charge in [0.1, 0.15) is 5.75 Å². The first-order valence-electron chi connectivity index (χ1n) is 7.54. The lowest BCUT2D eigenvalue weighted by Gasteiger charge is -2.22. The van der Waals surface area contributed by atoms with E-state index in [1.54, 1.807) is 18.5 Å². The fourth-order valence-electron chi connectivity index (χ4n) is 2.58. The molecule has 0 amide bonds. The van der Waals surface area contributed by atoms with Gasteiger partial charge in [0.05, 0.1) is 18.1 Å². The van der Waals surface area contributed by atoms with Crippen molar-refractivity contribution in [2.24, 2.45) is 4.99 Å². The van der Waals surface area contributed by atoms with E-state index in [0.717, 1.165) is 43.2 Å². The number of hydrogen-bond acceptors (Lipinski definition) is 6. The lowest BCUT2D eigenvalue weighted by Crippen LogP contribution is -2.28. The molecule has 0 spiro atoms. The number of pyridine rings is 1. The van der Waals surface area contributed by atoms with E-state index in [-0.39, 0.29) is 0 Å². The molecule has 0 aromatic carbocycles. The molecule has 1 aromatic rings. The highest BCUT2D eigenvalue weighted by Gasteiger charge is 2.14. The van der Waals surface area contributed by atoms with Gasteiger partial charge in [-0.2, -0.15) is 0 Å². The summed E-state index contributed by atoms with van der Waals surface area (Å²) in [5.74, 6) is 1.23. The zero-order valence-corrected chi connectivity index (χ0v) is 13.6. The number of anilines is 1. The van der Waals surface area contributed by atoms with Gasteiger partial charge in [-0.3, -0.25) is 4.98 Å². The fraction of sp³-hybridized carbons (Fsp3) is 0.438. The third-order valence-corrected chi connectivity index (χ3v) is 4.09. The van der Waals surface area contributed by atoms with E-state index < -0.39 is 0 Å². The largest absolute Gasteiger partial charge is 0.437 e. The van der Waals surface area contributed by atoms with Gasteiger partial charge in [0, 0.05) is 49.3 Å². The SMILES string of the molecule is CN1CCCN(c2cncc(OC3=CC(=S)CC=N3)c2)CC1. The second kappa shape index (κ2) is 6.98. The van der Waals surface area contributed by atoms with Crippen LogP contribution in [0.15, 0.2) is 35.4 Å². The number of aromatic nitrogens is 1. The van der Waals surface area contributed by atoms with Crippen LogP contribution in [0.2, 0.25) is 0 Å². The molecular weight excluding hydrogens is 296 g/mol. The summed E-state index contributed by atoms with van der Waals surface area (Å²) in [5.41, 5.74) is 1.09. The summed E-state index contributed by atoms with van der Waals surface area (Å²) in [5, 5.41) is 0. The first-order valence-corrected chi connectivity index (χ1v) is 7.95. The number of rotatable bonds is 3. The van der Waals surface area contributed by atoms with Gasteiger partial charge in [0.25, 0.3) is 0 Å². The third-order valence-electron chi connectivity index (χ3n) is 3.80. The Balaban J connectivity index is 1.72. The number of likely N-dealkylation sites (N-methyl/N-ethyl adjacent to an activating group) is 1. The Labute approximate surface area is 136 Å². The average molecular weight is 316 g/mol. The molecule has 0 aliphatic carbocycles. The van der Waals surface area contributed by atoms with E-state index in [9.17, 15) is 0 Å². The molecule has 0 saturated carbocycles. The summed E-state index contributed by atoms with van der Waals surface area (Å²) in [6.45, 7) is 4.25. The van der Waals surface area contributed by atoms with Crippen LogP contribution in [0.4, 0.5) is 5.69 Å². The van der Waals surface area contributed by atoms with Crippen molar-refractivity contribution in [1.82, 2.24) is 9.88 Å². The molecule has 116 valence electrons. The quantitative estimate of drug-likeness (QED) is 0.800. The Kier molecular flexibility index (Phi) is 4.80. The highest BCUT2D eigenvalue weighted by Crippen LogP contribution is 2.23. The predicted octanol–water partition coefficient (Wildman–Crippen LogP) is 2.29. The minimum absolute atomic E-state index is 0.533. The normalized spacial score (nSPS) is 19.8. The standard InChI is InChI=1S/C16H20N4OS/c1-19-5-2-6-20(8-7-19)13-9-14(12-17-11-13)21-16-10-15(22)3-4-18-16/h4,9-12H,2-3,5-8H2,1H3. The molecule has 3 heterocycles. The summed E-state index contributed by atoms with van der Waals surface area (Å²) >= 11 is 5.18. The van der Waals surface area contributed by atoms with Gasteiger partial charge in [-0.05, 0) is 20.0 Å². The molecule has 6 heteroatoms. The van der Waals surface area contributed by atoms with Gasteiger partial charge in [-0.25, -0.2) is 4.99 Å². The van der Waals surface area contributed by atoms with Crippen LogP contribution in [0.3, 0.4) is 0 Å². The zero-order valence-electron chi connectivity index (χ0n) is 12.7. The molecule has 2 aliphatic rings. The number of aliphatic imine (C=N–C) groups is 1. The third kappa shape index (κ3) is 3.90. The number of allylic oxidation sites excluding steroid dienone is 1. The van der Waals surface area contributed by atoms with Gasteiger partial charge in [-0.15, -0.1) is 0 Å². The molecule has 22 heavy (non-hydrogen) atoms. The second-order valence-corrected chi connectivity index (χ2v) is 6.11. The van der Waals surface area contributed by atoms with Crippen molar-refractivity contribution in [2.45, 2.75) is 12.8 Å². The van der Waals surface area contributed by atoms with Crippen molar-refractivity contribution in [3.63, 3.8) is 0 Å². The minimum Gasteiger partial charge on any atom is -0.437 e. The van der Waals surface area contributed by atoms with Gasteiger partial charge in [0.2, 0.25) is 5.88 Å². The van der Waals surface area contributed by atoms with Gasteiger partial charge >= 0.3 is 0 Å². The molecule has 0 N–H and O–H groups in total. The Morgan fingerprint density at radius 1 is 1.18 bits per heavy atom. The van der Waals surface area contributed by atoms with E-state index in [0.29, 0.717) is 18.1 Å². The summed E-state index contributed by atoms with van der Waals surface area (Å²) in [7, 11) is 2.16. The first-order chi connectivity index (χ1) is 10.7. The van der Waals surface area contributed by atoms with Crippen molar-refractivity contribution in [1.29, 1.82) is 0 Å². The molecule has 0 unspecified atom stereocenters. The number of nitrogens with zero attached hydrogens (tertiary/aromatic N) is 4. The smallest absolute Gasteiger partial charge is 0.220 e. The van der Waals surface area contributed by atoms with Crippen LogP contribution in [-0.2, 0) is 0 Å².